The van der Waals surface area contributed by atoms with Crippen molar-refractivity contribution in [2.24, 2.45) is 5.92 Å². The number of anilines is 1. The van der Waals surface area contributed by atoms with Gasteiger partial charge >= 0.3 is 0 Å². The molecule has 0 unspecified atom stereocenters. The van der Waals surface area contributed by atoms with Crippen molar-refractivity contribution in [2.75, 3.05) is 24.2 Å². The number of carbonyl (C=O) groups excluding carboxylic acids is 1. The molecule has 1 N–H and O–H groups in total. The lowest BCUT2D eigenvalue weighted by molar-refractivity contribution is -0.120. The summed E-state index contributed by atoms with van der Waals surface area (Å²) in [7, 11) is -3.53. The average molecular weight is 510 g/mol. The van der Waals surface area contributed by atoms with E-state index in [0.717, 1.165) is 16.5 Å². The van der Waals surface area contributed by atoms with Crippen molar-refractivity contribution in [1.29, 1.82) is 0 Å². The number of thioether (sulfide) groups is 1. The Labute approximate surface area is 194 Å². The molecular weight excluding hydrogens is 487 g/mol. The molecule has 2 aromatic rings. The number of hydrogen-bond donors (Lipinski definition) is 1. The first kappa shape index (κ1) is 23.7. The second-order valence-electron chi connectivity index (χ2n) is 6.88. The van der Waals surface area contributed by atoms with E-state index in [1.165, 1.54) is 21.7 Å². The molecule has 2 heterocycles. The zero-order valence-electron chi connectivity index (χ0n) is 16.3. The number of sulfonamides is 1. The minimum Gasteiger partial charge on any atom is -0.300 e. The van der Waals surface area contributed by atoms with Gasteiger partial charge in [-0.25, -0.2) is 12.7 Å². The van der Waals surface area contributed by atoms with Crippen molar-refractivity contribution in [3.63, 3.8) is 0 Å². The summed E-state index contributed by atoms with van der Waals surface area (Å²) in [6, 6.07) is 4.77. The van der Waals surface area contributed by atoms with Crippen LogP contribution in [-0.2, 0) is 20.6 Å². The summed E-state index contributed by atoms with van der Waals surface area (Å²) in [6.45, 7) is 2.67. The normalized spacial score (nSPS) is 16.0. The number of benzene rings is 1. The first-order valence-corrected chi connectivity index (χ1v) is 13.6. The van der Waals surface area contributed by atoms with Crippen LogP contribution in [0.15, 0.2) is 22.5 Å². The molecule has 164 valence electrons. The molecular formula is C18H22Cl2N4O3S3. The van der Waals surface area contributed by atoms with E-state index in [1.54, 1.807) is 23.9 Å². The van der Waals surface area contributed by atoms with Gasteiger partial charge in [-0.2, -0.15) is 0 Å². The van der Waals surface area contributed by atoms with Gasteiger partial charge in [0.1, 0.15) is 0 Å². The van der Waals surface area contributed by atoms with Crippen LogP contribution in [0.5, 0.6) is 0 Å². The van der Waals surface area contributed by atoms with Gasteiger partial charge in [-0.15, -0.1) is 10.2 Å². The highest BCUT2D eigenvalue weighted by molar-refractivity contribution is 8.01. The monoisotopic (exact) mass is 508 g/mol. The largest absolute Gasteiger partial charge is 0.300 e. The third kappa shape index (κ3) is 6.30. The molecule has 1 aliphatic rings. The van der Waals surface area contributed by atoms with E-state index in [1.807, 2.05) is 0 Å². The van der Waals surface area contributed by atoms with E-state index >= 15 is 0 Å². The molecule has 0 atom stereocenters. The fourth-order valence-corrected chi connectivity index (χ4v) is 6.87. The summed E-state index contributed by atoms with van der Waals surface area (Å²) in [4.78, 5) is 12.5. The van der Waals surface area contributed by atoms with Crippen molar-refractivity contribution < 1.29 is 13.2 Å². The first-order chi connectivity index (χ1) is 14.3. The first-order valence-electron chi connectivity index (χ1n) is 9.47. The van der Waals surface area contributed by atoms with E-state index in [0.29, 0.717) is 46.7 Å². The number of amides is 1. The maximum Gasteiger partial charge on any atom is 0.229 e. The average Bonchev–Trinajstić information content (AvgIpc) is 3.16. The van der Waals surface area contributed by atoms with Gasteiger partial charge in [0.25, 0.3) is 0 Å². The number of piperidine rings is 1. The van der Waals surface area contributed by atoms with Crippen molar-refractivity contribution in [3.05, 3.63) is 33.8 Å². The van der Waals surface area contributed by atoms with Crippen LogP contribution in [-0.4, -0.2) is 47.7 Å². The molecule has 0 radical (unpaired) electrons. The quantitative estimate of drug-likeness (QED) is 0.415. The van der Waals surface area contributed by atoms with Gasteiger partial charge < -0.3 is 5.32 Å². The number of halogens is 2. The zero-order valence-corrected chi connectivity index (χ0v) is 20.3. The highest BCUT2D eigenvalue weighted by Crippen LogP contribution is 2.29. The van der Waals surface area contributed by atoms with Gasteiger partial charge in [-0.1, -0.05) is 59.3 Å². The standard InChI is InChI=1S/C18H22Cl2N4O3S3/c1-2-9-28-18-23-22-17(29-18)21-16(25)12-5-7-24(8-6-12)30(26,27)11-13-3-4-14(19)10-15(13)20/h3-4,10,12H,2,5-9,11H2,1H3,(H,21,22,25). The number of aromatic nitrogens is 2. The van der Waals surface area contributed by atoms with Crippen LogP contribution in [0.2, 0.25) is 10.0 Å². The zero-order chi connectivity index (χ0) is 21.7. The molecule has 0 spiro atoms. The maximum atomic E-state index is 12.8. The van der Waals surface area contributed by atoms with Gasteiger partial charge in [-0.05, 0) is 37.0 Å². The highest BCUT2D eigenvalue weighted by atomic mass is 35.5. The molecule has 1 saturated heterocycles. The molecule has 0 saturated carbocycles. The van der Waals surface area contributed by atoms with Crippen LogP contribution >= 0.6 is 46.3 Å². The number of carbonyl (C=O) groups is 1. The topological polar surface area (TPSA) is 92.3 Å². The maximum absolute atomic E-state index is 12.8. The Kier molecular flexibility index (Phi) is 8.39. The number of hydrogen-bond acceptors (Lipinski definition) is 7. The summed E-state index contributed by atoms with van der Waals surface area (Å²) >= 11 is 15.0. The van der Waals surface area contributed by atoms with E-state index in [9.17, 15) is 13.2 Å². The van der Waals surface area contributed by atoms with Crippen molar-refractivity contribution in [3.8, 4) is 0 Å². The van der Waals surface area contributed by atoms with E-state index in [4.69, 9.17) is 23.2 Å². The molecule has 1 fully saturated rings. The van der Waals surface area contributed by atoms with Gasteiger partial charge in [0.05, 0.1) is 5.75 Å². The number of rotatable bonds is 8. The van der Waals surface area contributed by atoms with Gasteiger partial charge in [-0.3, -0.25) is 4.79 Å². The van der Waals surface area contributed by atoms with Crippen LogP contribution in [0.3, 0.4) is 0 Å². The molecule has 12 heteroatoms. The highest BCUT2D eigenvalue weighted by Gasteiger charge is 2.32. The summed E-state index contributed by atoms with van der Waals surface area (Å²) in [5, 5.41) is 12.1. The van der Waals surface area contributed by atoms with Crippen LogP contribution in [0.1, 0.15) is 31.7 Å². The number of nitrogens with one attached hydrogen (secondary N) is 1. The minimum absolute atomic E-state index is 0.143. The minimum atomic E-state index is -3.53. The summed E-state index contributed by atoms with van der Waals surface area (Å²) in [5.41, 5.74) is 0.508. The fraction of sp³-hybridized carbons (Fsp3) is 0.500. The predicted octanol–water partition coefficient (Wildman–Crippen LogP) is 4.53. The lowest BCUT2D eigenvalue weighted by Gasteiger charge is -2.30. The Balaban J connectivity index is 1.53. The molecule has 30 heavy (non-hydrogen) atoms. The fourth-order valence-electron chi connectivity index (χ4n) is 3.04. The van der Waals surface area contributed by atoms with Gasteiger partial charge in [0.2, 0.25) is 21.1 Å². The lowest BCUT2D eigenvalue weighted by atomic mass is 9.97. The summed E-state index contributed by atoms with van der Waals surface area (Å²) in [6.07, 6.45) is 1.95. The molecule has 1 aromatic carbocycles. The van der Waals surface area contributed by atoms with Crippen LogP contribution in [0, 0.1) is 5.92 Å². The van der Waals surface area contributed by atoms with E-state index < -0.39 is 10.0 Å². The van der Waals surface area contributed by atoms with Crippen LogP contribution in [0.4, 0.5) is 5.13 Å². The second-order valence-corrected chi connectivity index (χ2v) is 12.0. The summed E-state index contributed by atoms with van der Waals surface area (Å²) in [5.74, 6) is 0.363. The second kappa shape index (κ2) is 10.6. The van der Waals surface area contributed by atoms with Crippen molar-refractivity contribution in [1.82, 2.24) is 14.5 Å². The predicted molar refractivity (Wildman–Crippen MR) is 123 cm³/mol. The molecule has 1 aliphatic heterocycles. The molecule has 0 bridgehead atoms. The molecule has 1 amide bonds. The third-order valence-corrected chi connectivity index (χ3v) is 9.23. The Morgan fingerprint density at radius 1 is 1.30 bits per heavy atom. The SMILES string of the molecule is CCCSc1nnc(NC(=O)C2CCN(S(=O)(=O)Cc3ccc(Cl)cc3Cl)CC2)s1. The molecule has 0 aliphatic carbocycles. The third-order valence-electron chi connectivity index (χ3n) is 4.64. The van der Waals surface area contributed by atoms with Crippen LogP contribution in [0.25, 0.3) is 0 Å². The molecule has 1 aromatic heterocycles. The number of nitrogens with zero attached hydrogens (tertiary/aromatic N) is 3. The van der Waals surface area contributed by atoms with Crippen molar-refractivity contribution >= 4 is 67.4 Å². The van der Waals surface area contributed by atoms with Crippen LogP contribution < -0.4 is 5.32 Å². The molecule has 3 rings (SSSR count). The van der Waals surface area contributed by atoms with Gasteiger partial charge in [0, 0.05) is 34.8 Å². The Hall–Kier alpha value is -0.910. The Morgan fingerprint density at radius 3 is 2.70 bits per heavy atom. The Bertz CT molecular complexity index is 992. The van der Waals surface area contributed by atoms with Crippen molar-refractivity contribution in [2.45, 2.75) is 36.3 Å². The van der Waals surface area contributed by atoms with E-state index in [2.05, 4.69) is 22.4 Å². The van der Waals surface area contributed by atoms with Gasteiger partial charge in [0.15, 0.2) is 4.34 Å². The lowest BCUT2D eigenvalue weighted by Crippen LogP contribution is -2.41. The molecule has 7 nitrogen and oxygen atoms in total. The smallest absolute Gasteiger partial charge is 0.229 e. The Morgan fingerprint density at radius 2 is 2.03 bits per heavy atom. The van der Waals surface area contributed by atoms with E-state index in [-0.39, 0.29) is 17.6 Å². The summed E-state index contributed by atoms with van der Waals surface area (Å²) < 4.78 is 27.8.